The Morgan fingerprint density at radius 3 is 2.93 bits per heavy atom. The summed E-state index contributed by atoms with van der Waals surface area (Å²) in [5.41, 5.74) is 3.79. The van der Waals surface area contributed by atoms with E-state index in [4.69, 9.17) is 4.98 Å². The fraction of sp³-hybridized carbons (Fsp3) is 0.364. The van der Waals surface area contributed by atoms with Crippen molar-refractivity contribution in [1.82, 2.24) is 29.5 Å². The molecule has 2 N–H and O–H groups in total. The lowest BCUT2D eigenvalue weighted by molar-refractivity contribution is 0.0952. The molecule has 154 valence electrons. The van der Waals surface area contributed by atoms with Crippen LogP contribution in [0.5, 0.6) is 0 Å². The number of carbonyl (C=O) groups is 1. The van der Waals surface area contributed by atoms with Crippen molar-refractivity contribution in [3.8, 4) is 11.3 Å². The van der Waals surface area contributed by atoms with Crippen molar-refractivity contribution in [2.75, 3.05) is 12.4 Å². The van der Waals surface area contributed by atoms with Gasteiger partial charge in [0.25, 0.3) is 5.91 Å². The van der Waals surface area contributed by atoms with Crippen LogP contribution >= 0.6 is 0 Å². The molecule has 0 atom stereocenters. The summed E-state index contributed by atoms with van der Waals surface area (Å²) in [6, 6.07) is 6.26. The number of hydrogen-bond donors (Lipinski definition) is 2. The summed E-state index contributed by atoms with van der Waals surface area (Å²) in [5, 5.41) is 11.7. The molecule has 8 heteroatoms. The molecule has 0 spiro atoms. The second-order valence-corrected chi connectivity index (χ2v) is 7.78. The van der Waals surface area contributed by atoms with Crippen LogP contribution in [0, 0.1) is 0 Å². The number of rotatable bonds is 7. The van der Waals surface area contributed by atoms with Crippen molar-refractivity contribution >= 4 is 28.4 Å². The van der Waals surface area contributed by atoms with E-state index >= 15 is 0 Å². The molecular formula is C22H25N7O. The first-order chi connectivity index (χ1) is 14.7. The minimum absolute atomic E-state index is 0.119. The Balaban J connectivity index is 1.66. The van der Waals surface area contributed by atoms with E-state index in [0.29, 0.717) is 11.2 Å². The highest BCUT2D eigenvalue weighted by Crippen LogP contribution is 2.31. The normalized spacial score (nSPS) is 13.8. The molecule has 0 aromatic carbocycles. The molecule has 30 heavy (non-hydrogen) atoms. The van der Waals surface area contributed by atoms with Gasteiger partial charge in [-0.15, -0.1) is 0 Å². The molecule has 1 aliphatic carbocycles. The van der Waals surface area contributed by atoms with E-state index in [-0.39, 0.29) is 11.9 Å². The van der Waals surface area contributed by atoms with Crippen molar-refractivity contribution in [2.45, 2.75) is 45.2 Å². The highest BCUT2D eigenvalue weighted by molar-refractivity contribution is 6.01. The molecule has 0 unspecified atom stereocenters. The molecule has 1 aliphatic rings. The van der Waals surface area contributed by atoms with Gasteiger partial charge in [0.1, 0.15) is 17.0 Å². The van der Waals surface area contributed by atoms with E-state index in [1.165, 1.54) is 0 Å². The third-order valence-corrected chi connectivity index (χ3v) is 5.55. The zero-order valence-corrected chi connectivity index (χ0v) is 17.2. The number of amides is 1. The summed E-state index contributed by atoms with van der Waals surface area (Å²) in [6.45, 7) is 3.09. The van der Waals surface area contributed by atoms with Crippen LogP contribution in [-0.4, -0.2) is 43.1 Å². The fourth-order valence-electron chi connectivity index (χ4n) is 3.76. The monoisotopic (exact) mass is 403 g/mol. The maximum absolute atomic E-state index is 12.7. The van der Waals surface area contributed by atoms with Crippen molar-refractivity contribution < 1.29 is 4.79 Å². The molecule has 4 heterocycles. The third-order valence-electron chi connectivity index (χ3n) is 5.55. The summed E-state index contributed by atoms with van der Waals surface area (Å²) in [5.74, 6) is 0.657. The number of nitrogens with one attached hydrogen (secondary N) is 2. The van der Waals surface area contributed by atoms with Gasteiger partial charge in [-0.1, -0.05) is 13.3 Å². The Morgan fingerprint density at radius 1 is 1.30 bits per heavy atom. The van der Waals surface area contributed by atoms with Gasteiger partial charge in [-0.25, -0.2) is 9.97 Å². The van der Waals surface area contributed by atoms with E-state index in [1.54, 1.807) is 10.7 Å². The van der Waals surface area contributed by atoms with Gasteiger partial charge in [-0.3, -0.25) is 4.79 Å². The summed E-state index contributed by atoms with van der Waals surface area (Å²) < 4.78 is 3.87. The van der Waals surface area contributed by atoms with Gasteiger partial charge in [0.15, 0.2) is 5.65 Å². The molecule has 0 aliphatic heterocycles. The van der Waals surface area contributed by atoms with Crippen LogP contribution in [0.3, 0.4) is 0 Å². The molecule has 1 fully saturated rings. The van der Waals surface area contributed by atoms with Crippen LogP contribution < -0.4 is 10.6 Å². The van der Waals surface area contributed by atoms with E-state index < -0.39 is 0 Å². The number of hydrogen-bond acceptors (Lipinski definition) is 5. The number of aromatic nitrogens is 5. The minimum Gasteiger partial charge on any atom is -0.373 e. The molecular weight excluding hydrogens is 378 g/mol. The fourth-order valence-corrected chi connectivity index (χ4v) is 3.76. The van der Waals surface area contributed by atoms with E-state index in [1.807, 2.05) is 25.4 Å². The van der Waals surface area contributed by atoms with E-state index in [2.05, 4.69) is 44.5 Å². The average molecular weight is 403 g/mol. The van der Waals surface area contributed by atoms with Gasteiger partial charge in [-0.2, -0.15) is 9.61 Å². The standard InChI is InChI=1S/C22H25N7O/c1-3-4-10-28-13-17(15-6-5-9-24-20(15)28)18-11-19(23-2)29-21(27-18)16(12-25-29)22(30)26-14-7-8-14/h5-6,9,11-14,23H,3-4,7-8,10H2,1-2H3,(H,26,30). The Kier molecular flexibility index (Phi) is 4.61. The Morgan fingerprint density at radius 2 is 2.17 bits per heavy atom. The van der Waals surface area contributed by atoms with Crippen molar-refractivity contribution in [2.24, 2.45) is 0 Å². The maximum atomic E-state index is 12.7. The van der Waals surface area contributed by atoms with Gasteiger partial charge in [0.2, 0.25) is 0 Å². The first-order valence-corrected chi connectivity index (χ1v) is 10.5. The van der Waals surface area contributed by atoms with Gasteiger partial charge in [-0.05, 0) is 31.4 Å². The van der Waals surface area contributed by atoms with E-state index in [9.17, 15) is 4.79 Å². The number of anilines is 1. The number of pyridine rings is 1. The lowest BCUT2D eigenvalue weighted by atomic mass is 10.1. The molecule has 5 rings (SSSR count). The van der Waals surface area contributed by atoms with Crippen molar-refractivity contribution in [1.29, 1.82) is 0 Å². The number of fused-ring (bicyclic) bond motifs is 2. The van der Waals surface area contributed by atoms with Gasteiger partial charge in [0, 0.05) is 49.0 Å². The van der Waals surface area contributed by atoms with Crippen LogP contribution in [0.1, 0.15) is 43.0 Å². The predicted molar refractivity (Wildman–Crippen MR) is 117 cm³/mol. The number of nitrogens with zero attached hydrogens (tertiary/aromatic N) is 5. The van der Waals surface area contributed by atoms with Crippen LogP contribution in [0.4, 0.5) is 5.82 Å². The van der Waals surface area contributed by atoms with Crippen LogP contribution in [0.2, 0.25) is 0 Å². The van der Waals surface area contributed by atoms with E-state index in [0.717, 1.165) is 60.3 Å². The second kappa shape index (κ2) is 7.44. The molecule has 0 bridgehead atoms. The first kappa shape index (κ1) is 18.6. The summed E-state index contributed by atoms with van der Waals surface area (Å²) in [7, 11) is 1.84. The Bertz CT molecular complexity index is 1240. The molecule has 0 saturated heterocycles. The number of aryl methyl sites for hydroxylation is 1. The number of carbonyl (C=O) groups excluding carboxylic acids is 1. The van der Waals surface area contributed by atoms with Gasteiger partial charge in [0.05, 0.1) is 11.9 Å². The SMILES string of the molecule is CCCCn1cc(-c2cc(NC)n3ncc(C(=O)NC4CC4)c3n2)c2cccnc21. The van der Waals surface area contributed by atoms with Crippen molar-refractivity contribution in [3.05, 3.63) is 42.4 Å². The third kappa shape index (κ3) is 3.18. The van der Waals surface area contributed by atoms with Crippen LogP contribution in [0.25, 0.3) is 27.9 Å². The molecule has 1 saturated carbocycles. The average Bonchev–Trinajstić information content (AvgIpc) is 3.35. The second-order valence-electron chi connectivity index (χ2n) is 7.78. The largest absolute Gasteiger partial charge is 0.373 e. The summed E-state index contributed by atoms with van der Waals surface area (Å²) in [4.78, 5) is 22.2. The van der Waals surface area contributed by atoms with Crippen molar-refractivity contribution in [3.63, 3.8) is 0 Å². The summed E-state index contributed by atoms with van der Waals surface area (Å²) in [6.07, 6.45) is 9.81. The lowest BCUT2D eigenvalue weighted by Crippen LogP contribution is -2.25. The highest BCUT2D eigenvalue weighted by atomic mass is 16.1. The molecule has 8 nitrogen and oxygen atoms in total. The zero-order valence-electron chi connectivity index (χ0n) is 17.2. The van der Waals surface area contributed by atoms with Crippen LogP contribution in [0.15, 0.2) is 36.8 Å². The maximum Gasteiger partial charge on any atom is 0.256 e. The molecule has 4 aromatic heterocycles. The van der Waals surface area contributed by atoms with Gasteiger partial charge < -0.3 is 15.2 Å². The Hall–Kier alpha value is -3.42. The number of unbranched alkanes of at least 4 members (excludes halogenated alkanes) is 1. The molecule has 0 radical (unpaired) electrons. The summed E-state index contributed by atoms with van der Waals surface area (Å²) >= 11 is 0. The molecule has 4 aromatic rings. The Labute approximate surface area is 174 Å². The van der Waals surface area contributed by atoms with Crippen LogP contribution in [-0.2, 0) is 6.54 Å². The quantitative estimate of drug-likeness (QED) is 0.493. The molecule has 1 amide bonds. The predicted octanol–water partition coefficient (Wildman–Crippen LogP) is 3.48. The zero-order chi connectivity index (χ0) is 20.7. The minimum atomic E-state index is -0.119. The van der Waals surface area contributed by atoms with Gasteiger partial charge >= 0.3 is 0 Å². The first-order valence-electron chi connectivity index (χ1n) is 10.5. The lowest BCUT2D eigenvalue weighted by Gasteiger charge is -2.08. The smallest absolute Gasteiger partial charge is 0.256 e. The highest BCUT2D eigenvalue weighted by Gasteiger charge is 2.26. The topological polar surface area (TPSA) is 89.1 Å².